The largest absolute Gasteiger partial charge is 0.506 e. The summed E-state index contributed by atoms with van der Waals surface area (Å²) in [6, 6.07) is 0. The van der Waals surface area contributed by atoms with Gasteiger partial charge in [0.1, 0.15) is 16.8 Å². The lowest BCUT2D eigenvalue weighted by atomic mass is 9.50. The van der Waals surface area contributed by atoms with Crippen LogP contribution in [-0.4, -0.2) is 50.6 Å². The lowest BCUT2D eigenvalue weighted by molar-refractivity contribution is -0.258. The molecule has 0 saturated heterocycles. The van der Waals surface area contributed by atoms with E-state index in [4.69, 9.17) is 29.5 Å². The maximum Gasteiger partial charge on any atom is 0.506 e. The second-order valence-electron chi connectivity index (χ2n) is 6.66. The van der Waals surface area contributed by atoms with Crippen LogP contribution in [0.25, 0.3) is 0 Å². The van der Waals surface area contributed by atoms with E-state index in [2.05, 4.69) is 0 Å². The average molecular weight is 316 g/mol. The highest BCUT2D eigenvalue weighted by molar-refractivity contribution is 5.60. The Morgan fingerprint density at radius 3 is 1.18 bits per heavy atom. The summed E-state index contributed by atoms with van der Waals surface area (Å²) in [6.07, 6.45) is -2.86. The average Bonchev–Trinajstić information content (AvgIpc) is 2.19. The van der Waals surface area contributed by atoms with Gasteiger partial charge in [-0.25, -0.2) is 14.4 Å². The zero-order valence-electron chi connectivity index (χ0n) is 11.6. The van der Waals surface area contributed by atoms with Crippen LogP contribution in [-0.2, 0) is 14.2 Å². The molecule has 0 aromatic rings. The minimum absolute atomic E-state index is 0.0971. The van der Waals surface area contributed by atoms with Crippen molar-refractivity contribution in [3.63, 3.8) is 0 Å². The SMILES string of the molecule is O=C(O)OC12CC3CC(OC(=O)O)(C1)CC(OC(=O)O)(C3)C2. The maximum atomic E-state index is 11.0. The minimum atomic E-state index is -1.47. The summed E-state index contributed by atoms with van der Waals surface area (Å²) in [4.78, 5) is 33.0. The summed E-state index contributed by atoms with van der Waals surface area (Å²) in [5.41, 5.74) is -3.47. The van der Waals surface area contributed by atoms with E-state index >= 15 is 0 Å². The molecule has 4 aliphatic rings. The fourth-order valence-corrected chi connectivity index (χ4v) is 5.07. The van der Waals surface area contributed by atoms with Gasteiger partial charge in [0.15, 0.2) is 0 Å². The van der Waals surface area contributed by atoms with Crippen molar-refractivity contribution in [2.45, 2.75) is 55.3 Å². The summed E-state index contributed by atoms with van der Waals surface area (Å²) >= 11 is 0. The molecule has 122 valence electrons. The summed E-state index contributed by atoms with van der Waals surface area (Å²) in [5, 5.41) is 26.9. The fourth-order valence-electron chi connectivity index (χ4n) is 5.07. The van der Waals surface area contributed by atoms with Gasteiger partial charge >= 0.3 is 18.5 Å². The Morgan fingerprint density at radius 1 is 0.682 bits per heavy atom. The van der Waals surface area contributed by atoms with Gasteiger partial charge in [-0.3, -0.25) is 0 Å². The van der Waals surface area contributed by atoms with Crippen molar-refractivity contribution in [1.82, 2.24) is 0 Å². The normalized spacial score (nSPS) is 41.7. The quantitative estimate of drug-likeness (QED) is 0.528. The third-order valence-electron chi connectivity index (χ3n) is 4.83. The highest BCUT2D eigenvalue weighted by atomic mass is 16.7. The predicted octanol–water partition coefficient (Wildman–Crippen LogP) is 2.28. The van der Waals surface area contributed by atoms with Crippen LogP contribution in [0.15, 0.2) is 0 Å². The monoisotopic (exact) mass is 316 g/mol. The number of carbonyl (C=O) groups is 3. The van der Waals surface area contributed by atoms with Gasteiger partial charge in [-0.15, -0.1) is 0 Å². The lowest BCUT2D eigenvalue weighted by Crippen LogP contribution is -2.68. The molecule has 22 heavy (non-hydrogen) atoms. The molecular weight excluding hydrogens is 300 g/mol. The second kappa shape index (κ2) is 4.40. The Balaban J connectivity index is 1.97. The zero-order chi connectivity index (χ0) is 16.2. The molecule has 0 aliphatic heterocycles. The molecular formula is C13H16O9. The van der Waals surface area contributed by atoms with Crippen molar-refractivity contribution in [3.8, 4) is 0 Å². The van der Waals surface area contributed by atoms with Gasteiger partial charge in [0.25, 0.3) is 0 Å². The number of hydrogen-bond donors (Lipinski definition) is 3. The molecule has 4 saturated carbocycles. The second-order valence-corrected chi connectivity index (χ2v) is 6.66. The molecule has 0 unspecified atom stereocenters. The molecule has 0 atom stereocenters. The number of hydrogen-bond acceptors (Lipinski definition) is 6. The van der Waals surface area contributed by atoms with Gasteiger partial charge in [0.2, 0.25) is 0 Å². The van der Waals surface area contributed by atoms with E-state index in [9.17, 15) is 14.4 Å². The number of carboxylic acid groups (broad SMARTS) is 3. The standard InChI is InChI=1S/C13H16O9/c14-8(15)20-11-1-7-2-12(4-11,21-9(16)17)6-13(3-7,5-11)22-10(18)19/h7H,1-6H2,(H,14,15)(H,16,17)(H,18,19). The Bertz CT molecular complexity index is 458. The molecule has 9 heteroatoms. The van der Waals surface area contributed by atoms with Gasteiger partial charge in [-0.05, 0) is 25.2 Å². The molecule has 4 fully saturated rings. The van der Waals surface area contributed by atoms with E-state index in [1.807, 2.05) is 0 Å². The minimum Gasteiger partial charge on any atom is -0.450 e. The number of rotatable bonds is 3. The van der Waals surface area contributed by atoms with Crippen LogP contribution >= 0.6 is 0 Å². The topological polar surface area (TPSA) is 140 Å². The predicted molar refractivity (Wildman–Crippen MR) is 66.7 cm³/mol. The van der Waals surface area contributed by atoms with Crippen molar-refractivity contribution < 1.29 is 43.9 Å². The molecule has 0 radical (unpaired) electrons. The third kappa shape index (κ3) is 2.40. The van der Waals surface area contributed by atoms with Crippen LogP contribution in [0.5, 0.6) is 0 Å². The van der Waals surface area contributed by atoms with Crippen molar-refractivity contribution in [3.05, 3.63) is 0 Å². The smallest absolute Gasteiger partial charge is 0.450 e. The molecule has 0 spiro atoms. The van der Waals surface area contributed by atoms with Crippen molar-refractivity contribution in [1.29, 1.82) is 0 Å². The van der Waals surface area contributed by atoms with E-state index in [0.29, 0.717) is 19.3 Å². The highest BCUT2D eigenvalue weighted by Crippen LogP contribution is 2.63. The van der Waals surface area contributed by atoms with Crippen LogP contribution in [0.3, 0.4) is 0 Å². The summed E-state index contributed by atoms with van der Waals surface area (Å²) in [6.45, 7) is 0. The van der Waals surface area contributed by atoms with E-state index < -0.39 is 35.3 Å². The summed E-state index contributed by atoms with van der Waals surface area (Å²) < 4.78 is 15.1. The summed E-state index contributed by atoms with van der Waals surface area (Å²) in [5.74, 6) is -0.103. The highest BCUT2D eigenvalue weighted by Gasteiger charge is 2.68. The van der Waals surface area contributed by atoms with E-state index in [-0.39, 0.29) is 25.2 Å². The van der Waals surface area contributed by atoms with Crippen molar-refractivity contribution in [2.75, 3.05) is 0 Å². The maximum absolute atomic E-state index is 11.0. The van der Waals surface area contributed by atoms with Gasteiger partial charge in [0.05, 0.1) is 0 Å². The molecule has 4 aliphatic carbocycles. The fraction of sp³-hybridized carbons (Fsp3) is 0.769. The Kier molecular flexibility index (Phi) is 2.95. The van der Waals surface area contributed by atoms with Crippen molar-refractivity contribution in [2.24, 2.45) is 5.92 Å². The van der Waals surface area contributed by atoms with Crippen LogP contribution < -0.4 is 0 Å². The Morgan fingerprint density at radius 2 is 0.955 bits per heavy atom. The van der Waals surface area contributed by atoms with Crippen LogP contribution in [0.2, 0.25) is 0 Å². The first kappa shape index (κ1) is 14.7. The first-order valence-electron chi connectivity index (χ1n) is 6.91. The Labute approximate surface area is 124 Å². The lowest BCUT2D eigenvalue weighted by Gasteiger charge is -2.62. The Hall–Kier alpha value is -2.19. The molecule has 0 amide bonds. The molecule has 0 aromatic heterocycles. The van der Waals surface area contributed by atoms with Crippen LogP contribution in [0, 0.1) is 5.92 Å². The van der Waals surface area contributed by atoms with E-state index in [1.165, 1.54) is 0 Å². The first-order chi connectivity index (χ1) is 10.2. The van der Waals surface area contributed by atoms with E-state index in [1.54, 1.807) is 0 Å². The first-order valence-corrected chi connectivity index (χ1v) is 6.91. The molecule has 4 bridgehead atoms. The molecule has 0 aromatic carbocycles. The number of ether oxygens (including phenoxy) is 3. The molecule has 3 N–H and O–H groups in total. The zero-order valence-corrected chi connectivity index (χ0v) is 11.6. The molecule has 9 nitrogen and oxygen atoms in total. The third-order valence-corrected chi connectivity index (χ3v) is 4.83. The van der Waals surface area contributed by atoms with Crippen LogP contribution in [0.1, 0.15) is 38.5 Å². The molecule has 4 rings (SSSR count). The van der Waals surface area contributed by atoms with Gasteiger partial charge in [-0.1, -0.05) is 0 Å². The van der Waals surface area contributed by atoms with Gasteiger partial charge in [0, 0.05) is 19.3 Å². The summed E-state index contributed by atoms with van der Waals surface area (Å²) in [7, 11) is 0. The van der Waals surface area contributed by atoms with Crippen molar-refractivity contribution >= 4 is 18.5 Å². The van der Waals surface area contributed by atoms with Gasteiger partial charge < -0.3 is 29.5 Å². The van der Waals surface area contributed by atoms with E-state index in [0.717, 1.165) is 0 Å². The molecule has 0 heterocycles. The van der Waals surface area contributed by atoms with Crippen LogP contribution in [0.4, 0.5) is 14.4 Å². The van der Waals surface area contributed by atoms with Gasteiger partial charge in [-0.2, -0.15) is 0 Å².